The molecule has 2 aromatic heterocycles. The number of aromatic hydroxyl groups is 1. The molecule has 3 aromatic rings. The molecule has 0 atom stereocenters. The number of nitrogens with one attached hydrogen (secondary N) is 1. The van der Waals surface area contributed by atoms with Crippen molar-refractivity contribution < 1.29 is 13.9 Å². The normalized spacial score (nSPS) is 11.3. The average Bonchev–Trinajstić information content (AvgIpc) is 3.07. The highest BCUT2D eigenvalue weighted by molar-refractivity contribution is 5.84. The number of halogens is 1. The number of aryl methyl sites for hydroxylation is 1. The third kappa shape index (κ3) is 3.42. The SMILES string of the molecule is Cc1ccc(F)cc1N=Cc1c(O)n(Cc2ccco2)c(=O)[nH]c1=O. The fraction of sp³-hybridized carbons (Fsp3) is 0.118. The molecule has 0 radical (unpaired) electrons. The molecule has 0 fully saturated rings. The zero-order chi connectivity index (χ0) is 18.0. The molecule has 0 spiro atoms. The Morgan fingerprint density at radius 2 is 2.16 bits per heavy atom. The number of benzene rings is 1. The molecule has 8 heteroatoms. The third-order valence-electron chi connectivity index (χ3n) is 3.60. The summed E-state index contributed by atoms with van der Waals surface area (Å²) in [6.07, 6.45) is 2.52. The maximum Gasteiger partial charge on any atom is 0.331 e. The van der Waals surface area contributed by atoms with Gasteiger partial charge in [-0.1, -0.05) is 6.07 Å². The van der Waals surface area contributed by atoms with E-state index in [9.17, 15) is 19.1 Å². The summed E-state index contributed by atoms with van der Waals surface area (Å²) in [6, 6.07) is 7.31. The van der Waals surface area contributed by atoms with E-state index in [-0.39, 0.29) is 12.1 Å². The monoisotopic (exact) mass is 343 g/mol. The van der Waals surface area contributed by atoms with Crippen molar-refractivity contribution >= 4 is 11.9 Å². The first-order valence-corrected chi connectivity index (χ1v) is 7.34. The molecule has 25 heavy (non-hydrogen) atoms. The maximum atomic E-state index is 13.3. The van der Waals surface area contributed by atoms with Gasteiger partial charge in [0.2, 0.25) is 5.88 Å². The van der Waals surface area contributed by atoms with Crippen LogP contribution >= 0.6 is 0 Å². The summed E-state index contributed by atoms with van der Waals surface area (Å²) >= 11 is 0. The Bertz CT molecular complexity index is 1050. The van der Waals surface area contributed by atoms with E-state index in [1.165, 1.54) is 18.4 Å². The lowest BCUT2D eigenvalue weighted by atomic mass is 10.2. The quantitative estimate of drug-likeness (QED) is 0.708. The van der Waals surface area contributed by atoms with E-state index in [0.29, 0.717) is 17.0 Å². The van der Waals surface area contributed by atoms with E-state index >= 15 is 0 Å². The van der Waals surface area contributed by atoms with E-state index in [2.05, 4.69) is 9.98 Å². The number of furan rings is 1. The average molecular weight is 343 g/mol. The molecule has 0 saturated carbocycles. The maximum absolute atomic E-state index is 13.3. The molecule has 0 amide bonds. The molecule has 2 N–H and O–H groups in total. The van der Waals surface area contributed by atoms with Crippen molar-refractivity contribution in [1.82, 2.24) is 9.55 Å². The van der Waals surface area contributed by atoms with E-state index in [1.807, 2.05) is 0 Å². The summed E-state index contributed by atoms with van der Waals surface area (Å²) < 4.78 is 19.4. The molecule has 0 unspecified atom stereocenters. The summed E-state index contributed by atoms with van der Waals surface area (Å²) in [5.41, 5.74) is -0.788. The van der Waals surface area contributed by atoms with Crippen molar-refractivity contribution in [2.24, 2.45) is 4.99 Å². The highest BCUT2D eigenvalue weighted by atomic mass is 19.1. The number of nitrogens with zero attached hydrogens (tertiary/aromatic N) is 2. The largest absolute Gasteiger partial charge is 0.494 e. The Kier molecular flexibility index (Phi) is 4.34. The van der Waals surface area contributed by atoms with Crippen LogP contribution in [0.1, 0.15) is 16.9 Å². The Hall–Kier alpha value is -3.42. The van der Waals surface area contributed by atoms with Crippen molar-refractivity contribution in [3.05, 3.63) is 80.1 Å². The molecule has 1 aromatic carbocycles. The molecular formula is C17H14FN3O4. The number of H-pyrrole nitrogens is 1. The van der Waals surface area contributed by atoms with Gasteiger partial charge in [0.15, 0.2) is 0 Å². The van der Waals surface area contributed by atoms with Crippen LogP contribution in [0.3, 0.4) is 0 Å². The highest BCUT2D eigenvalue weighted by Crippen LogP contribution is 2.20. The molecule has 3 rings (SSSR count). The van der Waals surface area contributed by atoms with Crippen molar-refractivity contribution in [3.8, 4) is 5.88 Å². The van der Waals surface area contributed by atoms with Gasteiger partial charge in [0.25, 0.3) is 5.56 Å². The minimum atomic E-state index is -0.795. The molecule has 0 aliphatic carbocycles. The van der Waals surface area contributed by atoms with Gasteiger partial charge in [-0.15, -0.1) is 0 Å². The van der Waals surface area contributed by atoms with E-state index in [1.54, 1.807) is 25.1 Å². The Morgan fingerprint density at radius 3 is 2.88 bits per heavy atom. The number of aromatic nitrogens is 2. The minimum Gasteiger partial charge on any atom is -0.494 e. The van der Waals surface area contributed by atoms with Crippen molar-refractivity contribution in [1.29, 1.82) is 0 Å². The second kappa shape index (κ2) is 6.60. The topological polar surface area (TPSA) is 101 Å². The number of aromatic amines is 1. The second-order valence-electron chi connectivity index (χ2n) is 5.35. The van der Waals surface area contributed by atoms with Crippen LogP contribution in [0.2, 0.25) is 0 Å². The van der Waals surface area contributed by atoms with Gasteiger partial charge in [0.1, 0.15) is 17.1 Å². The van der Waals surface area contributed by atoms with Crippen LogP contribution in [0.5, 0.6) is 5.88 Å². The molecule has 0 aliphatic heterocycles. The summed E-state index contributed by atoms with van der Waals surface area (Å²) in [5, 5.41) is 10.3. The van der Waals surface area contributed by atoms with Crippen molar-refractivity contribution in [2.75, 3.05) is 0 Å². The van der Waals surface area contributed by atoms with E-state index in [0.717, 1.165) is 10.8 Å². The van der Waals surface area contributed by atoms with Crippen LogP contribution in [-0.2, 0) is 6.54 Å². The molecule has 0 saturated heterocycles. The molecule has 0 aliphatic rings. The highest BCUT2D eigenvalue weighted by Gasteiger charge is 2.14. The molecule has 2 heterocycles. The molecule has 7 nitrogen and oxygen atoms in total. The van der Waals surface area contributed by atoms with Crippen LogP contribution in [-0.4, -0.2) is 20.9 Å². The van der Waals surface area contributed by atoms with Gasteiger partial charge >= 0.3 is 5.69 Å². The predicted molar refractivity (Wildman–Crippen MR) is 89.2 cm³/mol. The second-order valence-corrected chi connectivity index (χ2v) is 5.35. The summed E-state index contributed by atoms with van der Waals surface area (Å²) in [7, 11) is 0. The van der Waals surface area contributed by atoms with Gasteiger partial charge in [-0.2, -0.15) is 0 Å². The third-order valence-corrected chi connectivity index (χ3v) is 3.60. The van der Waals surface area contributed by atoms with Crippen molar-refractivity contribution in [2.45, 2.75) is 13.5 Å². The first kappa shape index (κ1) is 16.4. The van der Waals surface area contributed by atoms with E-state index in [4.69, 9.17) is 4.42 Å². The lowest BCUT2D eigenvalue weighted by Gasteiger charge is -2.08. The lowest BCUT2D eigenvalue weighted by molar-refractivity contribution is 0.392. The molecular weight excluding hydrogens is 329 g/mol. The van der Waals surface area contributed by atoms with Crippen molar-refractivity contribution in [3.63, 3.8) is 0 Å². The number of rotatable bonds is 4. The van der Waals surface area contributed by atoms with Crippen LogP contribution in [0, 0.1) is 12.7 Å². The molecule has 128 valence electrons. The van der Waals surface area contributed by atoms with Crippen LogP contribution in [0.25, 0.3) is 0 Å². The van der Waals surface area contributed by atoms with Crippen LogP contribution in [0.15, 0.2) is 55.6 Å². The van der Waals surface area contributed by atoms with E-state index < -0.39 is 22.9 Å². The summed E-state index contributed by atoms with van der Waals surface area (Å²) in [4.78, 5) is 30.0. The number of aliphatic imine (C=N–C) groups is 1. The Morgan fingerprint density at radius 1 is 1.36 bits per heavy atom. The predicted octanol–water partition coefficient (Wildman–Crippen LogP) is 2.08. The van der Waals surface area contributed by atoms with Crippen LogP contribution in [0.4, 0.5) is 10.1 Å². The van der Waals surface area contributed by atoms with Gasteiger partial charge in [0.05, 0.1) is 18.5 Å². The zero-order valence-corrected chi connectivity index (χ0v) is 13.2. The Balaban J connectivity index is 2.04. The van der Waals surface area contributed by atoms with Gasteiger partial charge in [-0.25, -0.2) is 9.18 Å². The summed E-state index contributed by atoms with van der Waals surface area (Å²) in [6.45, 7) is 1.67. The Labute approximate surface area is 140 Å². The first-order valence-electron chi connectivity index (χ1n) is 7.34. The fourth-order valence-electron chi connectivity index (χ4n) is 2.25. The summed E-state index contributed by atoms with van der Waals surface area (Å²) in [5.74, 6) is -0.602. The van der Waals surface area contributed by atoms with Gasteiger partial charge in [-0.05, 0) is 36.8 Å². The van der Waals surface area contributed by atoms with Gasteiger partial charge in [-0.3, -0.25) is 19.3 Å². The first-order chi connectivity index (χ1) is 12.0. The number of hydrogen-bond donors (Lipinski definition) is 2. The number of hydrogen-bond acceptors (Lipinski definition) is 5. The lowest BCUT2D eigenvalue weighted by Crippen LogP contribution is -2.32. The smallest absolute Gasteiger partial charge is 0.331 e. The van der Waals surface area contributed by atoms with Gasteiger partial charge < -0.3 is 9.52 Å². The van der Waals surface area contributed by atoms with Crippen LogP contribution < -0.4 is 11.2 Å². The molecule has 0 bridgehead atoms. The minimum absolute atomic E-state index is 0.0612. The zero-order valence-electron chi connectivity index (χ0n) is 13.2. The van der Waals surface area contributed by atoms with Gasteiger partial charge in [0, 0.05) is 6.21 Å². The standard InChI is InChI=1S/C17H14FN3O4/c1-10-4-5-11(18)7-14(10)19-8-13-15(22)20-17(24)21(16(13)23)9-12-3-2-6-25-12/h2-8,23H,9H2,1H3,(H,20,22,24). The fourth-order valence-corrected chi connectivity index (χ4v) is 2.25.